The second kappa shape index (κ2) is 5.28. The summed E-state index contributed by atoms with van der Waals surface area (Å²) in [4.78, 5) is 12.2. The Balaban J connectivity index is 2.29. The fraction of sp³-hybridized carbons (Fsp3) is 0.727. The van der Waals surface area contributed by atoms with Crippen LogP contribution in [0.5, 0.6) is 0 Å². The number of hydrogen-bond donors (Lipinski definition) is 2. The number of nitrogens with zero attached hydrogens (tertiary/aromatic N) is 1. The molecule has 1 fully saturated rings. The monoisotopic (exact) mass is 213 g/mol. The van der Waals surface area contributed by atoms with Crippen molar-refractivity contribution in [3.05, 3.63) is 12.2 Å². The van der Waals surface area contributed by atoms with Crippen molar-refractivity contribution in [1.29, 1.82) is 0 Å². The number of carbonyl (C=O) groups is 1. The summed E-state index contributed by atoms with van der Waals surface area (Å²) in [5.74, 6) is -0.928. The lowest BCUT2D eigenvalue weighted by Gasteiger charge is -2.27. The van der Waals surface area contributed by atoms with Crippen LogP contribution in [0.2, 0.25) is 0 Å². The molecule has 1 saturated carbocycles. The summed E-state index contributed by atoms with van der Waals surface area (Å²) in [5, 5.41) is 18.5. The molecule has 0 bridgehead atoms. The number of carboxylic acids is 1. The molecule has 0 amide bonds. The maximum Gasteiger partial charge on any atom is 0.328 e. The molecule has 1 aliphatic carbocycles. The molecule has 0 atom stereocenters. The van der Waals surface area contributed by atoms with Crippen molar-refractivity contribution in [1.82, 2.24) is 4.90 Å². The van der Waals surface area contributed by atoms with Crippen LogP contribution in [-0.2, 0) is 4.79 Å². The summed E-state index contributed by atoms with van der Waals surface area (Å²) in [6, 6.07) is 0. The second-order valence-electron chi connectivity index (χ2n) is 4.37. The molecule has 0 unspecified atom stereocenters. The zero-order chi connectivity index (χ0) is 11.3. The predicted molar refractivity (Wildman–Crippen MR) is 57.7 cm³/mol. The Morgan fingerprint density at radius 3 is 2.60 bits per heavy atom. The molecule has 0 spiro atoms. The molecule has 1 aliphatic rings. The molecule has 0 aromatic carbocycles. The Labute approximate surface area is 90.2 Å². The van der Waals surface area contributed by atoms with E-state index in [9.17, 15) is 9.90 Å². The van der Waals surface area contributed by atoms with E-state index in [0.29, 0.717) is 13.1 Å². The van der Waals surface area contributed by atoms with Gasteiger partial charge < -0.3 is 10.2 Å². The minimum Gasteiger partial charge on any atom is -0.478 e. The number of likely N-dealkylation sites (N-methyl/N-ethyl adjacent to an activating group) is 1. The molecule has 0 aromatic rings. The molecule has 0 aliphatic heterocycles. The summed E-state index contributed by atoms with van der Waals surface area (Å²) in [7, 11) is 1.89. The highest BCUT2D eigenvalue weighted by atomic mass is 16.4. The summed E-state index contributed by atoms with van der Waals surface area (Å²) in [5.41, 5.74) is -0.550. The normalized spacial score (nSPS) is 20.2. The van der Waals surface area contributed by atoms with Crippen molar-refractivity contribution >= 4 is 5.97 Å². The Morgan fingerprint density at radius 1 is 1.47 bits per heavy atom. The van der Waals surface area contributed by atoms with E-state index in [4.69, 9.17) is 5.11 Å². The van der Waals surface area contributed by atoms with Crippen LogP contribution in [0.1, 0.15) is 25.7 Å². The summed E-state index contributed by atoms with van der Waals surface area (Å²) < 4.78 is 0. The molecule has 0 radical (unpaired) electrons. The van der Waals surface area contributed by atoms with Crippen molar-refractivity contribution < 1.29 is 15.0 Å². The van der Waals surface area contributed by atoms with Gasteiger partial charge in [-0.25, -0.2) is 4.79 Å². The van der Waals surface area contributed by atoms with Gasteiger partial charge in [0.25, 0.3) is 0 Å². The van der Waals surface area contributed by atoms with E-state index in [0.717, 1.165) is 31.8 Å². The zero-order valence-corrected chi connectivity index (χ0v) is 9.15. The SMILES string of the molecule is CN(C/C=C/C(=O)O)CC1(O)CCCC1. The average molecular weight is 213 g/mol. The van der Waals surface area contributed by atoms with Crippen LogP contribution in [-0.4, -0.2) is 46.8 Å². The molecular formula is C11H19NO3. The standard InChI is InChI=1S/C11H19NO3/c1-12(8-4-5-10(13)14)9-11(15)6-2-3-7-11/h4-5,15H,2-3,6-9H2,1H3,(H,13,14)/b5-4+. The molecule has 15 heavy (non-hydrogen) atoms. The zero-order valence-electron chi connectivity index (χ0n) is 9.15. The molecule has 0 aromatic heterocycles. The van der Waals surface area contributed by atoms with Crippen LogP contribution in [0.15, 0.2) is 12.2 Å². The fourth-order valence-electron chi connectivity index (χ4n) is 2.09. The first-order chi connectivity index (χ1) is 7.02. The topological polar surface area (TPSA) is 60.8 Å². The molecule has 86 valence electrons. The van der Waals surface area contributed by atoms with Gasteiger partial charge in [0.05, 0.1) is 5.60 Å². The molecule has 4 nitrogen and oxygen atoms in total. The third-order valence-electron chi connectivity index (χ3n) is 2.78. The van der Waals surface area contributed by atoms with Crippen LogP contribution >= 0.6 is 0 Å². The maximum atomic E-state index is 10.2. The van der Waals surface area contributed by atoms with Gasteiger partial charge in [-0.05, 0) is 19.9 Å². The van der Waals surface area contributed by atoms with E-state index < -0.39 is 11.6 Å². The minimum atomic E-state index is -0.928. The number of hydrogen-bond acceptors (Lipinski definition) is 3. The number of aliphatic carboxylic acids is 1. The van der Waals surface area contributed by atoms with Gasteiger partial charge in [-0.3, -0.25) is 4.90 Å². The van der Waals surface area contributed by atoms with Gasteiger partial charge in [0.1, 0.15) is 0 Å². The van der Waals surface area contributed by atoms with E-state index in [2.05, 4.69) is 0 Å². The van der Waals surface area contributed by atoms with Crippen LogP contribution in [0, 0.1) is 0 Å². The Bertz CT molecular complexity index is 244. The maximum absolute atomic E-state index is 10.2. The Morgan fingerprint density at radius 2 is 2.07 bits per heavy atom. The summed E-state index contributed by atoms with van der Waals surface area (Å²) in [6.45, 7) is 1.19. The highest BCUT2D eigenvalue weighted by molar-refractivity contribution is 5.79. The van der Waals surface area contributed by atoms with Gasteiger partial charge in [-0.15, -0.1) is 0 Å². The smallest absolute Gasteiger partial charge is 0.328 e. The van der Waals surface area contributed by atoms with Crippen molar-refractivity contribution in [2.24, 2.45) is 0 Å². The Hall–Kier alpha value is -0.870. The first-order valence-corrected chi connectivity index (χ1v) is 5.32. The summed E-state index contributed by atoms with van der Waals surface area (Å²) >= 11 is 0. The third kappa shape index (κ3) is 4.44. The van der Waals surface area contributed by atoms with Gasteiger partial charge in [0.15, 0.2) is 0 Å². The molecule has 1 rings (SSSR count). The fourth-order valence-corrected chi connectivity index (χ4v) is 2.09. The van der Waals surface area contributed by atoms with E-state index in [1.54, 1.807) is 6.08 Å². The number of aliphatic hydroxyl groups is 1. The highest BCUT2D eigenvalue weighted by Gasteiger charge is 2.31. The van der Waals surface area contributed by atoms with Crippen molar-refractivity contribution in [2.75, 3.05) is 20.1 Å². The lowest BCUT2D eigenvalue weighted by molar-refractivity contribution is -0.131. The van der Waals surface area contributed by atoms with E-state index in [1.165, 1.54) is 0 Å². The van der Waals surface area contributed by atoms with Gasteiger partial charge in [-0.1, -0.05) is 18.9 Å². The van der Waals surface area contributed by atoms with E-state index in [-0.39, 0.29) is 0 Å². The van der Waals surface area contributed by atoms with Crippen molar-refractivity contribution in [3.63, 3.8) is 0 Å². The average Bonchev–Trinajstić information content (AvgIpc) is 2.50. The number of rotatable bonds is 5. The lowest BCUT2D eigenvalue weighted by Crippen LogP contribution is -2.39. The van der Waals surface area contributed by atoms with Crippen LogP contribution in [0.25, 0.3) is 0 Å². The highest BCUT2D eigenvalue weighted by Crippen LogP contribution is 2.29. The number of carboxylic acid groups (broad SMARTS) is 1. The quantitative estimate of drug-likeness (QED) is 0.665. The Kier molecular flexibility index (Phi) is 4.29. The lowest BCUT2D eigenvalue weighted by atomic mass is 10.0. The molecular weight excluding hydrogens is 194 g/mol. The third-order valence-corrected chi connectivity index (χ3v) is 2.78. The molecule has 0 heterocycles. The molecule has 0 saturated heterocycles. The van der Waals surface area contributed by atoms with Crippen LogP contribution in [0.4, 0.5) is 0 Å². The van der Waals surface area contributed by atoms with E-state index in [1.807, 2.05) is 11.9 Å². The van der Waals surface area contributed by atoms with Crippen LogP contribution < -0.4 is 0 Å². The van der Waals surface area contributed by atoms with Crippen LogP contribution in [0.3, 0.4) is 0 Å². The second-order valence-corrected chi connectivity index (χ2v) is 4.37. The minimum absolute atomic E-state index is 0.550. The molecule has 4 heteroatoms. The largest absolute Gasteiger partial charge is 0.478 e. The molecule has 2 N–H and O–H groups in total. The van der Waals surface area contributed by atoms with Gasteiger partial charge in [-0.2, -0.15) is 0 Å². The van der Waals surface area contributed by atoms with Crippen molar-refractivity contribution in [2.45, 2.75) is 31.3 Å². The van der Waals surface area contributed by atoms with Gasteiger partial charge in [0.2, 0.25) is 0 Å². The first-order valence-electron chi connectivity index (χ1n) is 5.32. The van der Waals surface area contributed by atoms with Gasteiger partial charge in [0, 0.05) is 19.2 Å². The predicted octanol–water partition coefficient (Wildman–Crippen LogP) is 0.864. The summed E-state index contributed by atoms with van der Waals surface area (Å²) in [6.07, 6.45) is 6.64. The first kappa shape index (κ1) is 12.2. The van der Waals surface area contributed by atoms with Gasteiger partial charge >= 0.3 is 5.97 Å². The van der Waals surface area contributed by atoms with E-state index >= 15 is 0 Å². The van der Waals surface area contributed by atoms with Crippen molar-refractivity contribution in [3.8, 4) is 0 Å².